The van der Waals surface area contributed by atoms with Gasteiger partial charge in [0.15, 0.2) is 0 Å². The van der Waals surface area contributed by atoms with Crippen molar-refractivity contribution in [2.24, 2.45) is 0 Å². The fourth-order valence-electron chi connectivity index (χ4n) is 1.94. The third kappa shape index (κ3) is 6.17. The Morgan fingerprint density at radius 1 is 1.21 bits per heavy atom. The maximum atomic E-state index is 12.1. The van der Waals surface area contributed by atoms with E-state index < -0.39 is 5.97 Å². The zero-order valence-corrected chi connectivity index (χ0v) is 14.7. The minimum atomic E-state index is -0.524. The Kier molecular flexibility index (Phi) is 8.21. The van der Waals surface area contributed by atoms with Gasteiger partial charge in [-0.15, -0.1) is 0 Å². The molecule has 0 radical (unpaired) electrons. The molecule has 0 spiro atoms. The van der Waals surface area contributed by atoms with Gasteiger partial charge in [0.2, 0.25) is 11.8 Å². The predicted octanol–water partition coefficient (Wildman–Crippen LogP) is 1.95. The summed E-state index contributed by atoms with van der Waals surface area (Å²) >= 11 is 6.02. The first-order chi connectivity index (χ1) is 11.4. The number of nitrogens with one attached hydrogen (secondary N) is 1. The highest BCUT2D eigenvalue weighted by Crippen LogP contribution is 2.23. The van der Waals surface area contributed by atoms with Crippen LogP contribution in [0, 0.1) is 0 Å². The molecule has 8 heteroatoms. The summed E-state index contributed by atoms with van der Waals surface area (Å²) in [6, 6.07) is 4.45. The minimum Gasteiger partial charge on any atom is -0.465 e. The normalized spacial score (nSPS) is 10.2. The summed E-state index contributed by atoms with van der Waals surface area (Å²) in [5, 5.41) is 2.94. The molecule has 1 N–H and O–H groups in total. The third-order valence-electron chi connectivity index (χ3n) is 3.28. The minimum absolute atomic E-state index is 0.0993. The smallest absolute Gasteiger partial charge is 0.337 e. The van der Waals surface area contributed by atoms with Crippen molar-refractivity contribution in [1.29, 1.82) is 0 Å². The van der Waals surface area contributed by atoms with Crippen molar-refractivity contribution in [1.82, 2.24) is 4.90 Å². The van der Waals surface area contributed by atoms with Crippen LogP contribution in [0.1, 0.15) is 23.7 Å². The molecule has 1 aromatic carbocycles. The van der Waals surface area contributed by atoms with E-state index in [2.05, 4.69) is 10.1 Å². The average molecular weight is 357 g/mol. The van der Waals surface area contributed by atoms with Crippen LogP contribution in [0.5, 0.6) is 0 Å². The van der Waals surface area contributed by atoms with Crippen LogP contribution >= 0.6 is 11.6 Å². The second-order valence-electron chi connectivity index (χ2n) is 4.98. The molecule has 0 aliphatic carbocycles. The van der Waals surface area contributed by atoms with Crippen molar-refractivity contribution in [2.75, 3.05) is 39.2 Å². The van der Waals surface area contributed by atoms with Gasteiger partial charge in [-0.3, -0.25) is 9.59 Å². The van der Waals surface area contributed by atoms with Gasteiger partial charge in [0.25, 0.3) is 0 Å². The third-order valence-corrected chi connectivity index (χ3v) is 3.61. The van der Waals surface area contributed by atoms with Crippen molar-refractivity contribution in [2.45, 2.75) is 13.3 Å². The van der Waals surface area contributed by atoms with Gasteiger partial charge in [-0.25, -0.2) is 4.79 Å². The van der Waals surface area contributed by atoms with E-state index in [1.54, 1.807) is 7.11 Å². The summed E-state index contributed by atoms with van der Waals surface area (Å²) in [4.78, 5) is 36.6. The van der Waals surface area contributed by atoms with E-state index in [9.17, 15) is 14.4 Å². The van der Waals surface area contributed by atoms with Crippen molar-refractivity contribution < 1.29 is 23.9 Å². The number of nitrogens with zero attached hydrogens (tertiary/aromatic N) is 1. The quantitative estimate of drug-likeness (QED) is 0.719. The molecule has 0 fully saturated rings. The van der Waals surface area contributed by atoms with E-state index in [1.165, 1.54) is 37.1 Å². The lowest BCUT2D eigenvalue weighted by molar-refractivity contribution is -0.130. The van der Waals surface area contributed by atoms with Crippen LogP contribution in [0.4, 0.5) is 5.69 Å². The number of hydrogen-bond acceptors (Lipinski definition) is 5. The molecule has 0 unspecified atom stereocenters. The van der Waals surface area contributed by atoms with Gasteiger partial charge in [0.05, 0.1) is 30.0 Å². The molecule has 24 heavy (non-hydrogen) atoms. The molecular weight excluding hydrogens is 336 g/mol. The Morgan fingerprint density at radius 3 is 2.50 bits per heavy atom. The summed E-state index contributed by atoms with van der Waals surface area (Å²) < 4.78 is 9.56. The Morgan fingerprint density at radius 2 is 1.92 bits per heavy atom. The van der Waals surface area contributed by atoms with Crippen LogP contribution in [0.2, 0.25) is 5.02 Å². The van der Waals surface area contributed by atoms with Gasteiger partial charge in [-0.1, -0.05) is 11.6 Å². The van der Waals surface area contributed by atoms with Crippen molar-refractivity contribution >= 4 is 35.1 Å². The molecule has 132 valence electrons. The average Bonchev–Trinajstić information content (AvgIpc) is 2.55. The second-order valence-corrected chi connectivity index (χ2v) is 5.39. The van der Waals surface area contributed by atoms with E-state index in [0.717, 1.165) is 0 Å². The number of rotatable bonds is 8. The molecule has 0 saturated carbocycles. The lowest BCUT2D eigenvalue weighted by Crippen LogP contribution is -2.34. The van der Waals surface area contributed by atoms with Crippen molar-refractivity contribution in [3.8, 4) is 0 Å². The van der Waals surface area contributed by atoms with E-state index >= 15 is 0 Å². The lowest BCUT2D eigenvalue weighted by atomic mass is 10.2. The molecule has 7 nitrogen and oxygen atoms in total. The lowest BCUT2D eigenvalue weighted by Gasteiger charge is -2.20. The van der Waals surface area contributed by atoms with Crippen LogP contribution in [0.3, 0.4) is 0 Å². The van der Waals surface area contributed by atoms with E-state index in [-0.39, 0.29) is 30.3 Å². The fraction of sp³-hybridized carbons (Fsp3) is 0.438. The number of carbonyl (C=O) groups excluding carboxylic acids is 3. The van der Waals surface area contributed by atoms with E-state index in [4.69, 9.17) is 16.3 Å². The van der Waals surface area contributed by atoms with Gasteiger partial charge >= 0.3 is 5.97 Å². The largest absolute Gasteiger partial charge is 0.465 e. The predicted molar refractivity (Wildman–Crippen MR) is 90.2 cm³/mol. The molecule has 2 amide bonds. The number of ether oxygens (including phenoxy) is 2. The standard InChI is InChI=1S/C16H21ClN2O5/c1-11(20)19(8-9-23-2)7-6-15(21)18-14-10-12(16(22)24-3)4-5-13(14)17/h4-5,10H,6-9H2,1-3H3,(H,18,21). The Balaban J connectivity index is 2.67. The molecule has 1 aromatic rings. The monoisotopic (exact) mass is 356 g/mol. The van der Waals surface area contributed by atoms with Crippen LogP contribution in [-0.2, 0) is 19.1 Å². The number of benzene rings is 1. The Hall–Kier alpha value is -2.12. The van der Waals surface area contributed by atoms with Crippen LogP contribution in [0.15, 0.2) is 18.2 Å². The van der Waals surface area contributed by atoms with E-state index in [1.807, 2.05) is 0 Å². The van der Waals surface area contributed by atoms with Crippen LogP contribution in [-0.4, -0.2) is 56.6 Å². The first-order valence-corrected chi connectivity index (χ1v) is 7.69. The molecule has 0 heterocycles. The highest BCUT2D eigenvalue weighted by atomic mass is 35.5. The number of hydrogen-bond donors (Lipinski definition) is 1. The summed E-state index contributed by atoms with van der Waals surface area (Å²) in [6.45, 7) is 2.51. The number of esters is 1. The maximum absolute atomic E-state index is 12.1. The molecule has 0 bridgehead atoms. The summed E-state index contributed by atoms with van der Waals surface area (Å²) in [5.41, 5.74) is 0.596. The first-order valence-electron chi connectivity index (χ1n) is 7.31. The molecule has 0 aliphatic heterocycles. The molecule has 0 aromatic heterocycles. The second kappa shape index (κ2) is 9.89. The molecule has 0 atom stereocenters. The zero-order chi connectivity index (χ0) is 18.1. The first kappa shape index (κ1) is 19.9. The molecule has 0 aliphatic rings. The Labute approximate surface area is 145 Å². The Bertz CT molecular complexity index is 606. The topological polar surface area (TPSA) is 84.9 Å². The molecule has 1 rings (SSSR count). The fourth-order valence-corrected chi connectivity index (χ4v) is 2.11. The van der Waals surface area contributed by atoms with Gasteiger partial charge in [-0.05, 0) is 18.2 Å². The van der Waals surface area contributed by atoms with Gasteiger partial charge in [-0.2, -0.15) is 0 Å². The number of carbonyl (C=O) groups is 3. The SMILES string of the molecule is COCCN(CCC(=O)Nc1cc(C(=O)OC)ccc1Cl)C(C)=O. The number of halogens is 1. The van der Waals surface area contributed by atoms with Gasteiger partial charge < -0.3 is 19.7 Å². The summed E-state index contributed by atoms with van der Waals surface area (Å²) in [7, 11) is 2.81. The maximum Gasteiger partial charge on any atom is 0.337 e. The summed E-state index contributed by atoms with van der Waals surface area (Å²) in [6.07, 6.45) is 0.0993. The van der Waals surface area contributed by atoms with Gasteiger partial charge in [0.1, 0.15) is 0 Å². The number of anilines is 1. The number of amides is 2. The molecular formula is C16H21ClN2O5. The van der Waals surface area contributed by atoms with Crippen LogP contribution < -0.4 is 5.32 Å². The highest BCUT2D eigenvalue weighted by molar-refractivity contribution is 6.33. The highest BCUT2D eigenvalue weighted by Gasteiger charge is 2.14. The van der Waals surface area contributed by atoms with Gasteiger partial charge in [0, 0.05) is 33.5 Å². The van der Waals surface area contributed by atoms with Crippen molar-refractivity contribution in [3.63, 3.8) is 0 Å². The zero-order valence-electron chi connectivity index (χ0n) is 13.9. The number of methoxy groups -OCH3 is 2. The van der Waals surface area contributed by atoms with Crippen LogP contribution in [0.25, 0.3) is 0 Å². The van der Waals surface area contributed by atoms with E-state index in [0.29, 0.717) is 23.9 Å². The molecule has 0 saturated heterocycles. The summed E-state index contributed by atoms with van der Waals surface area (Å²) in [5.74, 6) is -0.974. The van der Waals surface area contributed by atoms with Crippen molar-refractivity contribution in [3.05, 3.63) is 28.8 Å².